The summed E-state index contributed by atoms with van der Waals surface area (Å²) < 4.78 is 0. The Bertz CT molecular complexity index is 1300. The van der Waals surface area contributed by atoms with E-state index in [0.717, 1.165) is 78.4 Å². The van der Waals surface area contributed by atoms with Crippen molar-refractivity contribution in [3.05, 3.63) is 87.4 Å². The Kier molecular flexibility index (Phi) is 6.63. The predicted octanol–water partition coefficient (Wildman–Crippen LogP) is 4.91. The first-order valence-corrected chi connectivity index (χ1v) is 12.6. The van der Waals surface area contributed by atoms with Crippen molar-refractivity contribution >= 4 is 29.0 Å². The molecular weight excluding hydrogens is 458 g/mol. The maximum absolute atomic E-state index is 12.9. The van der Waals surface area contributed by atoms with Crippen LogP contribution in [0.4, 0.5) is 5.69 Å². The van der Waals surface area contributed by atoms with Crippen LogP contribution < -0.4 is 10.6 Å². The minimum atomic E-state index is -0.431. The molecule has 180 valence electrons. The molecule has 35 heavy (non-hydrogen) atoms. The number of hydrogen-bond donors (Lipinski definition) is 1. The summed E-state index contributed by atoms with van der Waals surface area (Å²) >= 11 is 6.22. The standard InChI is InChI=1S/C29H30ClN3O2/c1-19-8-9-20(30)17-27(19)33-15-13-32(14-16-33)12-4-7-22-25(29(31)35)11-10-23-21-5-2-3-6-24(21)28(34)18-26(22)23/h2-3,5-6,8-11,17H,4,7,12-16,18H2,1H3,(H2,31,35). The third-order valence-electron chi connectivity index (χ3n) is 7.34. The van der Waals surface area contributed by atoms with Crippen LogP contribution in [0.2, 0.25) is 5.02 Å². The number of amides is 1. The molecular formula is C29H30ClN3O2. The smallest absolute Gasteiger partial charge is 0.248 e. The lowest BCUT2D eigenvalue weighted by Crippen LogP contribution is -2.46. The van der Waals surface area contributed by atoms with Crippen molar-refractivity contribution in [3.63, 3.8) is 0 Å². The molecule has 3 aromatic rings. The highest BCUT2D eigenvalue weighted by Crippen LogP contribution is 2.37. The van der Waals surface area contributed by atoms with E-state index < -0.39 is 5.91 Å². The van der Waals surface area contributed by atoms with Crippen LogP contribution in [0.15, 0.2) is 54.6 Å². The number of nitrogens with two attached hydrogens (primary N) is 1. The molecule has 1 heterocycles. The first kappa shape index (κ1) is 23.6. The van der Waals surface area contributed by atoms with Gasteiger partial charge in [0.05, 0.1) is 0 Å². The second kappa shape index (κ2) is 9.84. The number of piperazine rings is 1. The minimum Gasteiger partial charge on any atom is -0.369 e. The first-order chi connectivity index (χ1) is 16.9. The Morgan fingerprint density at radius 3 is 2.46 bits per heavy atom. The molecule has 1 amide bonds. The van der Waals surface area contributed by atoms with Crippen molar-refractivity contribution in [1.29, 1.82) is 0 Å². The number of rotatable bonds is 6. The van der Waals surface area contributed by atoms with E-state index in [1.165, 1.54) is 11.3 Å². The fraction of sp³-hybridized carbons (Fsp3) is 0.310. The monoisotopic (exact) mass is 487 g/mol. The van der Waals surface area contributed by atoms with Crippen LogP contribution in [0, 0.1) is 6.92 Å². The molecule has 0 radical (unpaired) electrons. The van der Waals surface area contributed by atoms with Gasteiger partial charge in [0.15, 0.2) is 5.78 Å². The number of primary amides is 1. The summed E-state index contributed by atoms with van der Waals surface area (Å²) in [6.45, 7) is 6.94. The second-order valence-corrected chi connectivity index (χ2v) is 9.93. The molecule has 1 saturated heterocycles. The average molecular weight is 488 g/mol. The summed E-state index contributed by atoms with van der Waals surface area (Å²) in [6, 6.07) is 17.6. The van der Waals surface area contributed by atoms with Gasteiger partial charge in [0.1, 0.15) is 0 Å². The fourth-order valence-electron chi connectivity index (χ4n) is 5.50. The van der Waals surface area contributed by atoms with Crippen LogP contribution in [0.25, 0.3) is 11.1 Å². The molecule has 1 fully saturated rings. The molecule has 2 N–H and O–H groups in total. The summed E-state index contributed by atoms with van der Waals surface area (Å²) in [5.74, 6) is -0.331. The van der Waals surface area contributed by atoms with E-state index in [1.807, 2.05) is 42.5 Å². The quantitative estimate of drug-likeness (QED) is 0.536. The number of hydrogen-bond acceptors (Lipinski definition) is 4. The van der Waals surface area contributed by atoms with Crippen molar-refractivity contribution in [2.24, 2.45) is 5.73 Å². The van der Waals surface area contributed by atoms with Gasteiger partial charge in [-0.3, -0.25) is 14.5 Å². The molecule has 0 bridgehead atoms. The molecule has 5 rings (SSSR count). The number of carbonyl (C=O) groups is 2. The Morgan fingerprint density at radius 2 is 1.71 bits per heavy atom. The van der Waals surface area contributed by atoms with Crippen molar-refractivity contribution in [3.8, 4) is 11.1 Å². The van der Waals surface area contributed by atoms with E-state index in [2.05, 4.69) is 28.9 Å². The van der Waals surface area contributed by atoms with Crippen LogP contribution >= 0.6 is 11.6 Å². The Hall–Kier alpha value is -3.15. The lowest BCUT2D eigenvalue weighted by Gasteiger charge is -2.37. The Morgan fingerprint density at radius 1 is 0.971 bits per heavy atom. The summed E-state index contributed by atoms with van der Waals surface area (Å²) in [5.41, 5.74) is 13.4. The minimum absolute atomic E-state index is 0.100. The largest absolute Gasteiger partial charge is 0.369 e. The predicted molar refractivity (Wildman–Crippen MR) is 142 cm³/mol. The van der Waals surface area contributed by atoms with Crippen LogP contribution in [0.3, 0.4) is 0 Å². The number of anilines is 1. The molecule has 3 aromatic carbocycles. The third-order valence-corrected chi connectivity index (χ3v) is 7.57. The molecule has 1 aliphatic carbocycles. The Balaban J connectivity index is 1.28. The van der Waals surface area contributed by atoms with Gasteiger partial charge in [-0.05, 0) is 72.3 Å². The van der Waals surface area contributed by atoms with Gasteiger partial charge in [-0.15, -0.1) is 0 Å². The molecule has 0 spiro atoms. The first-order valence-electron chi connectivity index (χ1n) is 12.2. The van der Waals surface area contributed by atoms with Gasteiger partial charge in [0.25, 0.3) is 0 Å². The van der Waals surface area contributed by atoms with Crippen molar-refractivity contribution < 1.29 is 9.59 Å². The lowest BCUT2D eigenvalue weighted by atomic mass is 9.80. The van der Waals surface area contributed by atoms with Gasteiger partial charge in [0, 0.05) is 54.4 Å². The molecule has 6 heteroatoms. The number of halogens is 1. The van der Waals surface area contributed by atoms with Crippen LogP contribution in [0.5, 0.6) is 0 Å². The number of carbonyl (C=O) groups excluding carboxylic acids is 2. The summed E-state index contributed by atoms with van der Waals surface area (Å²) in [6.07, 6.45) is 1.95. The average Bonchev–Trinajstić information content (AvgIpc) is 2.86. The van der Waals surface area contributed by atoms with E-state index in [4.69, 9.17) is 17.3 Å². The van der Waals surface area contributed by atoms with Crippen molar-refractivity contribution in [1.82, 2.24) is 4.90 Å². The zero-order valence-electron chi connectivity index (χ0n) is 20.0. The topological polar surface area (TPSA) is 66.6 Å². The summed E-state index contributed by atoms with van der Waals surface area (Å²) in [7, 11) is 0. The van der Waals surface area contributed by atoms with Crippen molar-refractivity contribution in [2.45, 2.75) is 26.2 Å². The SMILES string of the molecule is Cc1ccc(Cl)cc1N1CCN(CCCc2c(C(N)=O)ccc3c2CC(=O)c2ccccc2-3)CC1. The highest BCUT2D eigenvalue weighted by molar-refractivity contribution is 6.30. The zero-order valence-corrected chi connectivity index (χ0v) is 20.8. The van der Waals surface area contributed by atoms with E-state index in [1.54, 1.807) is 0 Å². The van der Waals surface area contributed by atoms with Crippen molar-refractivity contribution in [2.75, 3.05) is 37.6 Å². The molecule has 2 aliphatic rings. The summed E-state index contributed by atoms with van der Waals surface area (Å²) in [4.78, 5) is 30.0. The summed E-state index contributed by atoms with van der Waals surface area (Å²) in [5, 5.41) is 0.769. The van der Waals surface area contributed by atoms with E-state index in [9.17, 15) is 9.59 Å². The van der Waals surface area contributed by atoms with Crippen LogP contribution in [-0.4, -0.2) is 49.3 Å². The van der Waals surface area contributed by atoms with Gasteiger partial charge >= 0.3 is 0 Å². The number of aryl methyl sites for hydroxylation is 1. The van der Waals surface area contributed by atoms with Gasteiger partial charge in [-0.2, -0.15) is 0 Å². The highest BCUT2D eigenvalue weighted by atomic mass is 35.5. The Labute approximate surface area is 211 Å². The number of Topliss-reactive ketones (excluding diaryl/α,β-unsaturated/α-hetero) is 1. The van der Waals surface area contributed by atoms with Gasteiger partial charge in [-0.25, -0.2) is 0 Å². The molecule has 5 nitrogen and oxygen atoms in total. The van der Waals surface area contributed by atoms with Gasteiger partial charge in [0.2, 0.25) is 5.91 Å². The number of nitrogens with zero attached hydrogens (tertiary/aromatic N) is 2. The fourth-order valence-corrected chi connectivity index (χ4v) is 5.66. The number of benzene rings is 3. The van der Waals surface area contributed by atoms with Gasteiger partial charge < -0.3 is 10.6 Å². The van der Waals surface area contributed by atoms with Crippen LogP contribution in [-0.2, 0) is 12.8 Å². The van der Waals surface area contributed by atoms with E-state index >= 15 is 0 Å². The molecule has 0 unspecified atom stereocenters. The van der Waals surface area contributed by atoms with Gasteiger partial charge in [-0.1, -0.05) is 48.0 Å². The van der Waals surface area contributed by atoms with Crippen LogP contribution in [0.1, 0.15) is 43.8 Å². The molecule has 0 saturated carbocycles. The maximum atomic E-state index is 12.9. The van der Waals surface area contributed by atoms with E-state index in [-0.39, 0.29) is 5.78 Å². The van der Waals surface area contributed by atoms with E-state index in [0.29, 0.717) is 12.0 Å². The number of fused-ring (bicyclic) bond motifs is 3. The molecule has 0 aromatic heterocycles. The second-order valence-electron chi connectivity index (χ2n) is 9.49. The lowest BCUT2D eigenvalue weighted by molar-refractivity contribution is 0.0982. The highest BCUT2D eigenvalue weighted by Gasteiger charge is 2.27. The zero-order chi connectivity index (χ0) is 24.5. The maximum Gasteiger partial charge on any atom is 0.248 e. The molecule has 0 atom stereocenters. The normalized spacial score (nSPS) is 15.6. The number of ketones is 1. The third kappa shape index (κ3) is 4.71. The molecule has 1 aliphatic heterocycles.